The van der Waals surface area contributed by atoms with E-state index in [9.17, 15) is 14.7 Å². The van der Waals surface area contributed by atoms with Crippen molar-refractivity contribution >= 4 is 45.5 Å². The van der Waals surface area contributed by atoms with Crippen LogP contribution in [0.1, 0.15) is 22.3 Å². The summed E-state index contributed by atoms with van der Waals surface area (Å²) >= 11 is 7.25. The molecule has 1 saturated heterocycles. The highest BCUT2D eigenvalue weighted by Crippen LogP contribution is 2.43. The number of halogens is 1. The molecule has 30 heavy (non-hydrogen) atoms. The van der Waals surface area contributed by atoms with E-state index in [0.717, 1.165) is 11.3 Å². The Balaban J connectivity index is 1.98. The minimum atomic E-state index is -0.984. The number of methoxy groups -OCH3 is 1. The molecule has 4 rings (SSSR count). The molecule has 10 heteroatoms. The van der Waals surface area contributed by atoms with Crippen molar-refractivity contribution in [2.75, 3.05) is 12.0 Å². The third-order valence-electron chi connectivity index (χ3n) is 4.55. The molecule has 0 aliphatic carbocycles. The lowest BCUT2D eigenvalue weighted by Gasteiger charge is -2.21. The summed E-state index contributed by atoms with van der Waals surface area (Å²) in [6, 6.07) is 8.75. The first-order valence-corrected chi connectivity index (χ1v) is 9.97. The van der Waals surface area contributed by atoms with Crippen LogP contribution in [0.4, 0.5) is 5.13 Å². The van der Waals surface area contributed by atoms with Crippen LogP contribution in [-0.2, 0) is 9.59 Å². The third kappa shape index (κ3) is 3.31. The molecule has 1 N–H and O–H groups in total. The first kappa shape index (κ1) is 20.0. The lowest BCUT2D eigenvalue weighted by atomic mass is 9.98. The van der Waals surface area contributed by atoms with E-state index in [0.29, 0.717) is 21.5 Å². The second kappa shape index (κ2) is 7.85. The molecule has 0 unspecified atom stereocenters. The molecule has 0 radical (unpaired) electrons. The number of carbonyl (C=O) groups excluding carboxylic acids is 2. The van der Waals surface area contributed by atoms with Gasteiger partial charge < -0.3 is 9.84 Å². The van der Waals surface area contributed by atoms with Gasteiger partial charge >= 0.3 is 5.91 Å². The molecule has 0 saturated carbocycles. The SMILES string of the molecule is COc1ccc(Cl)cc1C(O)=C1C(=O)C(=O)N(c2nnc(C)s2)[C@H]1c1ccccn1. The zero-order chi connectivity index (χ0) is 21.4. The van der Waals surface area contributed by atoms with Gasteiger partial charge in [0.05, 0.1) is 23.9 Å². The monoisotopic (exact) mass is 442 g/mol. The Labute approximate surface area is 180 Å². The number of rotatable bonds is 4. The topological polar surface area (TPSA) is 106 Å². The van der Waals surface area contributed by atoms with E-state index in [4.69, 9.17) is 16.3 Å². The molecule has 2 aromatic heterocycles. The van der Waals surface area contributed by atoms with Crippen molar-refractivity contribution in [2.45, 2.75) is 13.0 Å². The van der Waals surface area contributed by atoms with Gasteiger partial charge in [0.2, 0.25) is 5.13 Å². The maximum absolute atomic E-state index is 13.0. The van der Waals surface area contributed by atoms with Crippen LogP contribution in [0.2, 0.25) is 5.02 Å². The number of aromatic nitrogens is 3. The van der Waals surface area contributed by atoms with Gasteiger partial charge in [0.1, 0.15) is 22.6 Å². The number of ether oxygens (including phenoxy) is 1. The Hall–Kier alpha value is -3.30. The number of benzene rings is 1. The van der Waals surface area contributed by atoms with Gasteiger partial charge in [-0.05, 0) is 37.3 Å². The molecule has 1 atom stereocenters. The summed E-state index contributed by atoms with van der Waals surface area (Å²) in [7, 11) is 1.43. The minimum Gasteiger partial charge on any atom is -0.507 e. The summed E-state index contributed by atoms with van der Waals surface area (Å²) in [5, 5.41) is 20.3. The van der Waals surface area contributed by atoms with Crippen molar-refractivity contribution in [1.82, 2.24) is 15.2 Å². The van der Waals surface area contributed by atoms with Crippen LogP contribution in [0.15, 0.2) is 48.2 Å². The van der Waals surface area contributed by atoms with Crippen LogP contribution in [0.5, 0.6) is 5.75 Å². The molecular weight excluding hydrogens is 428 g/mol. The van der Waals surface area contributed by atoms with Crippen molar-refractivity contribution in [3.8, 4) is 5.75 Å². The molecular formula is C20H15ClN4O4S. The average molecular weight is 443 g/mol. The van der Waals surface area contributed by atoms with E-state index in [1.54, 1.807) is 43.5 Å². The second-order valence-corrected chi connectivity index (χ2v) is 7.97. The van der Waals surface area contributed by atoms with E-state index in [1.165, 1.54) is 18.1 Å². The first-order chi connectivity index (χ1) is 14.4. The van der Waals surface area contributed by atoms with Crippen molar-refractivity contribution in [3.63, 3.8) is 0 Å². The third-order valence-corrected chi connectivity index (χ3v) is 5.62. The highest BCUT2D eigenvalue weighted by Gasteiger charge is 2.49. The van der Waals surface area contributed by atoms with E-state index < -0.39 is 23.5 Å². The zero-order valence-corrected chi connectivity index (χ0v) is 17.4. The quantitative estimate of drug-likeness (QED) is 0.374. The van der Waals surface area contributed by atoms with Crippen molar-refractivity contribution < 1.29 is 19.4 Å². The summed E-state index contributed by atoms with van der Waals surface area (Å²) in [5.41, 5.74) is 0.455. The average Bonchev–Trinajstić information content (AvgIpc) is 3.29. The number of hydrogen-bond donors (Lipinski definition) is 1. The number of aliphatic hydroxyl groups excluding tert-OH is 1. The fourth-order valence-corrected chi connectivity index (χ4v) is 4.13. The fraction of sp³-hybridized carbons (Fsp3) is 0.150. The number of amides is 1. The molecule has 1 amide bonds. The summed E-state index contributed by atoms with van der Waals surface area (Å²) < 4.78 is 5.30. The van der Waals surface area contributed by atoms with Gasteiger partial charge in [-0.15, -0.1) is 10.2 Å². The summed E-state index contributed by atoms with van der Waals surface area (Å²) in [5.74, 6) is -1.80. The molecule has 1 aromatic carbocycles. The largest absolute Gasteiger partial charge is 0.507 e. The van der Waals surface area contributed by atoms with Crippen LogP contribution in [-0.4, -0.2) is 39.1 Å². The Morgan fingerprint density at radius 2 is 2.03 bits per heavy atom. The van der Waals surface area contributed by atoms with Gasteiger partial charge in [-0.3, -0.25) is 19.5 Å². The molecule has 0 bridgehead atoms. The number of aliphatic hydroxyl groups is 1. The van der Waals surface area contributed by atoms with E-state index in [-0.39, 0.29) is 16.3 Å². The number of aryl methyl sites for hydroxylation is 1. The number of pyridine rings is 1. The van der Waals surface area contributed by atoms with Crippen LogP contribution in [0.25, 0.3) is 5.76 Å². The number of anilines is 1. The van der Waals surface area contributed by atoms with E-state index >= 15 is 0 Å². The number of Topliss-reactive ketones (excluding diaryl/α,β-unsaturated/α-hetero) is 1. The zero-order valence-electron chi connectivity index (χ0n) is 15.9. The predicted octanol–water partition coefficient (Wildman–Crippen LogP) is 3.53. The Morgan fingerprint density at radius 3 is 2.67 bits per heavy atom. The Morgan fingerprint density at radius 1 is 1.23 bits per heavy atom. The highest BCUT2D eigenvalue weighted by molar-refractivity contribution is 7.15. The van der Waals surface area contributed by atoms with Crippen LogP contribution < -0.4 is 9.64 Å². The standard InChI is InChI=1S/C20H15ClN4O4S/c1-10-23-24-20(30-10)25-16(13-5-3-4-8-22-13)15(18(27)19(25)28)17(26)12-9-11(21)6-7-14(12)29-2/h3-9,16,26H,1-2H3/t16-/m0/s1. The number of ketones is 1. The van der Waals surface area contributed by atoms with Crippen molar-refractivity contribution in [3.05, 3.63) is 69.5 Å². The Bertz CT molecular complexity index is 1180. The minimum absolute atomic E-state index is 0.132. The molecule has 152 valence electrons. The van der Waals surface area contributed by atoms with Gasteiger partial charge in [0.25, 0.3) is 5.78 Å². The fourth-order valence-electron chi connectivity index (χ4n) is 3.24. The van der Waals surface area contributed by atoms with E-state index in [1.807, 2.05) is 0 Å². The number of hydrogen-bond acceptors (Lipinski definition) is 8. The lowest BCUT2D eigenvalue weighted by molar-refractivity contribution is -0.132. The molecule has 1 fully saturated rings. The van der Waals surface area contributed by atoms with E-state index in [2.05, 4.69) is 15.2 Å². The second-order valence-electron chi connectivity index (χ2n) is 6.37. The highest BCUT2D eigenvalue weighted by atomic mass is 35.5. The predicted molar refractivity (Wildman–Crippen MR) is 112 cm³/mol. The molecule has 1 aliphatic rings. The lowest BCUT2D eigenvalue weighted by Crippen LogP contribution is -2.29. The maximum atomic E-state index is 13.0. The van der Waals surface area contributed by atoms with Gasteiger partial charge in [-0.25, -0.2) is 0 Å². The molecule has 3 aromatic rings. The smallest absolute Gasteiger partial charge is 0.302 e. The number of carbonyl (C=O) groups is 2. The maximum Gasteiger partial charge on any atom is 0.302 e. The molecule has 3 heterocycles. The molecule has 0 spiro atoms. The van der Waals surface area contributed by atoms with Gasteiger partial charge in [-0.2, -0.15) is 0 Å². The summed E-state index contributed by atoms with van der Waals surface area (Å²) in [6.07, 6.45) is 1.54. The van der Waals surface area contributed by atoms with Gasteiger partial charge in [0, 0.05) is 11.2 Å². The van der Waals surface area contributed by atoms with Crippen LogP contribution in [0.3, 0.4) is 0 Å². The van der Waals surface area contributed by atoms with Crippen LogP contribution >= 0.6 is 22.9 Å². The molecule has 1 aliphatic heterocycles. The summed E-state index contributed by atoms with van der Waals surface area (Å²) in [6.45, 7) is 1.74. The van der Waals surface area contributed by atoms with Crippen molar-refractivity contribution in [2.24, 2.45) is 0 Å². The van der Waals surface area contributed by atoms with Gasteiger partial charge in [-0.1, -0.05) is 29.0 Å². The normalized spacial score (nSPS) is 18.1. The van der Waals surface area contributed by atoms with Crippen LogP contribution in [0, 0.1) is 6.92 Å². The molecule has 8 nitrogen and oxygen atoms in total. The Kier molecular flexibility index (Phi) is 5.23. The first-order valence-electron chi connectivity index (χ1n) is 8.78. The van der Waals surface area contributed by atoms with Gasteiger partial charge in [0.15, 0.2) is 0 Å². The number of nitrogens with zero attached hydrogens (tertiary/aromatic N) is 4. The summed E-state index contributed by atoms with van der Waals surface area (Å²) in [4.78, 5) is 31.5. The van der Waals surface area contributed by atoms with Crippen molar-refractivity contribution in [1.29, 1.82) is 0 Å².